The van der Waals surface area contributed by atoms with Gasteiger partial charge in [0.05, 0.1) is 0 Å². The van der Waals surface area contributed by atoms with Crippen LogP contribution >= 0.6 is 0 Å². The zero-order chi connectivity index (χ0) is 17.2. The van der Waals surface area contributed by atoms with Crippen molar-refractivity contribution in [1.29, 1.82) is 0 Å². The fraction of sp³-hybridized carbons (Fsp3) is 0.550. The highest BCUT2D eigenvalue weighted by atomic mass is 16.2. The summed E-state index contributed by atoms with van der Waals surface area (Å²) >= 11 is 0. The van der Waals surface area contributed by atoms with E-state index in [1.807, 2.05) is 29.4 Å². The van der Waals surface area contributed by atoms with Crippen LogP contribution in [0.25, 0.3) is 11.4 Å². The lowest BCUT2D eigenvalue weighted by Crippen LogP contribution is -2.51. The number of aryl methyl sites for hydroxylation is 1. The summed E-state index contributed by atoms with van der Waals surface area (Å²) in [6, 6.07) is 3.99. The standard InChI is InChI=1S/C20H26N4O/c1-15-10-22-20(18-7-4-8-21-11-18)24(15)14-17-12-23(13-17)19(25)9-16-5-2-3-6-16/h4,7-8,10-11,16-17H,2-3,5-6,9,12-14H2,1H3. The number of hydrogen-bond acceptors (Lipinski definition) is 3. The Labute approximate surface area is 149 Å². The number of imidazole rings is 1. The molecule has 1 amide bonds. The van der Waals surface area contributed by atoms with Crippen molar-refractivity contribution >= 4 is 5.91 Å². The van der Waals surface area contributed by atoms with Gasteiger partial charge in [0.25, 0.3) is 0 Å². The summed E-state index contributed by atoms with van der Waals surface area (Å²) in [5.41, 5.74) is 2.21. The predicted octanol–water partition coefficient (Wildman–Crippen LogP) is 3.29. The average Bonchev–Trinajstić information content (AvgIpc) is 3.21. The van der Waals surface area contributed by atoms with Gasteiger partial charge in [-0.15, -0.1) is 0 Å². The lowest BCUT2D eigenvalue weighted by atomic mass is 9.96. The van der Waals surface area contributed by atoms with Gasteiger partial charge in [-0.3, -0.25) is 9.78 Å². The number of likely N-dealkylation sites (tertiary alicyclic amines) is 1. The van der Waals surface area contributed by atoms with Crippen molar-refractivity contribution in [3.63, 3.8) is 0 Å². The molecule has 3 heterocycles. The third kappa shape index (κ3) is 3.46. The van der Waals surface area contributed by atoms with Crippen LogP contribution in [0.4, 0.5) is 0 Å². The van der Waals surface area contributed by atoms with Crippen molar-refractivity contribution in [2.75, 3.05) is 13.1 Å². The molecule has 25 heavy (non-hydrogen) atoms. The number of amides is 1. The van der Waals surface area contributed by atoms with Crippen LogP contribution in [0.2, 0.25) is 0 Å². The molecule has 5 nitrogen and oxygen atoms in total. The Kier molecular flexibility index (Phi) is 4.55. The minimum Gasteiger partial charge on any atom is -0.342 e. The van der Waals surface area contributed by atoms with Gasteiger partial charge in [0.1, 0.15) is 5.82 Å². The monoisotopic (exact) mass is 338 g/mol. The van der Waals surface area contributed by atoms with E-state index in [9.17, 15) is 4.79 Å². The summed E-state index contributed by atoms with van der Waals surface area (Å²) in [5, 5.41) is 0. The second-order valence-corrected chi connectivity index (χ2v) is 7.59. The molecule has 0 aromatic carbocycles. The molecule has 0 radical (unpaired) electrons. The van der Waals surface area contributed by atoms with E-state index >= 15 is 0 Å². The first kappa shape index (κ1) is 16.3. The van der Waals surface area contributed by atoms with E-state index in [-0.39, 0.29) is 0 Å². The highest BCUT2D eigenvalue weighted by molar-refractivity contribution is 5.77. The van der Waals surface area contributed by atoms with Crippen molar-refractivity contribution in [1.82, 2.24) is 19.4 Å². The fourth-order valence-electron chi connectivity index (χ4n) is 4.15. The molecule has 2 fully saturated rings. The Hall–Kier alpha value is -2.17. The summed E-state index contributed by atoms with van der Waals surface area (Å²) in [5.74, 6) is 2.50. The van der Waals surface area contributed by atoms with Crippen molar-refractivity contribution in [2.24, 2.45) is 11.8 Å². The second-order valence-electron chi connectivity index (χ2n) is 7.59. The summed E-state index contributed by atoms with van der Waals surface area (Å²) in [4.78, 5) is 23.2. The van der Waals surface area contributed by atoms with E-state index in [0.717, 1.165) is 43.1 Å². The van der Waals surface area contributed by atoms with Crippen LogP contribution in [-0.4, -0.2) is 38.4 Å². The number of rotatable bonds is 5. The molecule has 1 saturated carbocycles. The Balaban J connectivity index is 1.35. The molecule has 1 aliphatic carbocycles. The highest BCUT2D eigenvalue weighted by Crippen LogP contribution is 2.30. The van der Waals surface area contributed by atoms with Crippen LogP contribution in [0.1, 0.15) is 37.8 Å². The SMILES string of the molecule is Cc1cnc(-c2cccnc2)n1CC1CN(C(=O)CC2CCCC2)C1. The summed E-state index contributed by atoms with van der Waals surface area (Å²) in [6.07, 6.45) is 11.4. The Morgan fingerprint density at radius 1 is 1.20 bits per heavy atom. The second kappa shape index (κ2) is 6.98. The highest BCUT2D eigenvalue weighted by Gasteiger charge is 2.32. The largest absolute Gasteiger partial charge is 0.342 e. The lowest BCUT2D eigenvalue weighted by Gasteiger charge is -2.40. The lowest BCUT2D eigenvalue weighted by molar-refractivity contribution is -0.138. The average molecular weight is 338 g/mol. The first-order chi connectivity index (χ1) is 12.2. The maximum atomic E-state index is 12.4. The van der Waals surface area contributed by atoms with E-state index in [1.165, 1.54) is 25.7 Å². The third-order valence-corrected chi connectivity index (χ3v) is 5.66. The molecule has 2 aromatic heterocycles. The molecule has 0 spiro atoms. The van der Waals surface area contributed by atoms with Gasteiger partial charge >= 0.3 is 0 Å². The molecule has 5 heteroatoms. The van der Waals surface area contributed by atoms with Crippen LogP contribution in [0.3, 0.4) is 0 Å². The third-order valence-electron chi connectivity index (χ3n) is 5.66. The molecule has 0 atom stereocenters. The molecule has 0 N–H and O–H groups in total. The molecule has 4 rings (SSSR count). The van der Waals surface area contributed by atoms with E-state index in [4.69, 9.17) is 0 Å². The van der Waals surface area contributed by atoms with Gasteiger partial charge in [-0.2, -0.15) is 0 Å². The van der Waals surface area contributed by atoms with Crippen molar-refractivity contribution in [2.45, 2.75) is 45.6 Å². The maximum absolute atomic E-state index is 12.4. The first-order valence-corrected chi connectivity index (χ1v) is 9.41. The Bertz CT molecular complexity index is 727. The summed E-state index contributed by atoms with van der Waals surface area (Å²) < 4.78 is 2.26. The van der Waals surface area contributed by atoms with E-state index in [1.54, 1.807) is 6.20 Å². The smallest absolute Gasteiger partial charge is 0.222 e. The van der Waals surface area contributed by atoms with Gasteiger partial charge in [-0.1, -0.05) is 12.8 Å². The molecular weight excluding hydrogens is 312 g/mol. The van der Waals surface area contributed by atoms with Gasteiger partial charge in [0.2, 0.25) is 5.91 Å². The zero-order valence-electron chi connectivity index (χ0n) is 14.9. The van der Waals surface area contributed by atoms with Gasteiger partial charge in [-0.05, 0) is 37.8 Å². The Morgan fingerprint density at radius 2 is 2.00 bits per heavy atom. The van der Waals surface area contributed by atoms with Gasteiger partial charge < -0.3 is 9.47 Å². The van der Waals surface area contributed by atoms with Gasteiger partial charge in [-0.25, -0.2) is 4.98 Å². The van der Waals surface area contributed by atoms with Gasteiger partial charge in [0, 0.05) is 61.8 Å². The molecule has 0 bridgehead atoms. The molecule has 132 valence electrons. The minimum absolute atomic E-state index is 0.359. The van der Waals surface area contributed by atoms with Crippen LogP contribution < -0.4 is 0 Å². The predicted molar refractivity (Wildman–Crippen MR) is 96.8 cm³/mol. The number of carbonyl (C=O) groups excluding carboxylic acids is 1. The molecule has 1 aliphatic heterocycles. The summed E-state index contributed by atoms with van der Waals surface area (Å²) in [7, 11) is 0. The van der Waals surface area contributed by atoms with E-state index < -0.39 is 0 Å². The molecular formula is C20H26N4O. The normalized spacial score (nSPS) is 18.5. The van der Waals surface area contributed by atoms with Gasteiger partial charge in [0.15, 0.2) is 0 Å². The van der Waals surface area contributed by atoms with Crippen molar-refractivity contribution in [3.05, 3.63) is 36.4 Å². The van der Waals surface area contributed by atoms with Crippen LogP contribution in [0.5, 0.6) is 0 Å². The van der Waals surface area contributed by atoms with Crippen LogP contribution in [0, 0.1) is 18.8 Å². The fourth-order valence-corrected chi connectivity index (χ4v) is 4.15. The quantitative estimate of drug-likeness (QED) is 0.840. The number of hydrogen-bond donors (Lipinski definition) is 0. The number of aromatic nitrogens is 3. The number of nitrogens with zero attached hydrogens (tertiary/aromatic N) is 4. The first-order valence-electron chi connectivity index (χ1n) is 9.41. The van der Waals surface area contributed by atoms with E-state index in [2.05, 4.69) is 21.5 Å². The zero-order valence-corrected chi connectivity index (χ0v) is 14.9. The molecule has 0 unspecified atom stereocenters. The van der Waals surface area contributed by atoms with Crippen molar-refractivity contribution in [3.8, 4) is 11.4 Å². The molecule has 2 aliphatic rings. The van der Waals surface area contributed by atoms with E-state index in [0.29, 0.717) is 17.7 Å². The Morgan fingerprint density at radius 3 is 2.72 bits per heavy atom. The number of carbonyl (C=O) groups is 1. The van der Waals surface area contributed by atoms with Crippen LogP contribution in [0.15, 0.2) is 30.7 Å². The minimum atomic E-state index is 0.359. The van der Waals surface area contributed by atoms with Crippen LogP contribution in [-0.2, 0) is 11.3 Å². The number of pyridine rings is 1. The summed E-state index contributed by atoms with van der Waals surface area (Å²) in [6.45, 7) is 4.78. The topological polar surface area (TPSA) is 51.0 Å². The molecule has 2 aromatic rings. The van der Waals surface area contributed by atoms with Crippen molar-refractivity contribution < 1.29 is 4.79 Å². The molecule has 1 saturated heterocycles. The maximum Gasteiger partial charge on any atom is 0.222 e.